The van der Waals surface area contributed by atoms with Gasteiger partial charge in [0.2, 0.25) is 5.91 Å². The number of nitrogens with zero attached hydrogens (tertiary/aromatic N) is 4. The van der Waals surface area contributed by atoms with Crippen molar-refractivity contribution in [1.82, 2.24) is 14.2 Å². The van der Waals surface area contributed by atoms with E-state index >= 15 is 0 Å². The van der Waals surface area contributed by atoms with Gasteiger partial charge in [-0.3, -0.25) is 9.59 Å². The Labute approximate surface area is 203 Å². The van der Waals surface area contributed by atoms with Crippen molar-refractivity contribution in [2.75, 3.05) is 0 Å². The molecule has 10 heteroatoms. The lowest BCUT2D eigenvalue weighted by Gasteiger charge is -2.27. The van der Waals surface area contributed by atoms with Crippen LogP contribution in [0.1, 0.15) is 44.7 Å². The smallest absolute Gasteiger partial charge is 0.256 e. The minimum absolute atomic E-state index is 0.0126. The first-order valence-electron chi connectivity index (χ1n) is 10.6. The minimum atomic E-state index is -2.21. The maximum atomic E-state index is 14.1. The van der Waals surface area contributed by atoms with Crippen molar-refractivity contribution < 1.29 is 18.7 Å². The van der Waals surface area contributed by atoms with Crippen LogP contribution in [0.5, 0.6) is 0 Å². The van der Waals surface area contributed by atoms with Gasteiger partial charge in [-0.05, 0) is 42.8 Å². The normalized spacial score (nSPS) is 12.4. The van der Waals surface area contributed by atoms with Crippen molar-refractivity contribution in [1.29, 1.82) is 5.26 Å². The Balaban J connectivity index is 1.94. The van der Waals surface area contributed by atoms with E-state index in [1.807, 2.05) is 6.07 Å². The topological polar surface area (TPSA) is 126 Å². The second-order valence-electron chi connectivity index (χ2n) is 8.18. The number of carbonyl (C=O) groups is 1. The van der Waals surface area contributed by atoms with Crippen molar-refractivity contribution in [3.05, 3.63) is 104 Å². The van der Waals surface area contributed by atoms with Crippen LogP contribution in [0.2, 0.25) is 0 Å². The van der Waals surface area contributed by atoms with E-state index in [9.17, 15) is 28.7 Å². The van der Waals surface area contributed by atoms with E-state index < -0.39 is 35.1 Å². The summed E-state index contributed by atoms with van der Waals surface area (Å²) in [6.45, 7) is 1.69. The van der Waals surface area contributed by atoms with Gasteiger partial charge in [-0.2, -0.15) is 10.4 Å². The number of fused-ring (bicyclic) bond motifs is 1. The maximum Gasteiger partial charge on any atom is 0.256 e. The lowest BCUT2D eigenvalue weighted by molar-refractivity contribution is 0.0837. The molecule has 0 saturated heterocycles. The summed E-state index contributed by atoms with van der Waals surface area (Å²) < 4.78 is 30.9. The Hall–Kier alpha value is -4.80. The van der Waals surface area contributed by atoms with E-state index in [2.05, 4.69) is 16.9 Å². The van der Waals surface area contributed by atoms with Gasteiger partial charge in [0.05, 0.1) is 28.5 Å². The molecular formula is C26H19F2N5O3. The molecule has 0 bridgehead atoms. The average Bonchev–Trinajstić information content (AvgIpc) is 3.25. The van der Waals surface area contributed by atoms with Crippen molar-refractivity contribution in [3.8, 4) is 17.9 Å². The largest absolute Gasteiger partial charge is 0.379 e. The molecule has 0 saturated carbocycles. The average molecular weight is 487 g/mol. The van der Waals surface area contributed by atoms with E-state index in [1.165, 1.54) is 40.7 Å². The van der Waals surface area contributed by atoms with Crippen LogP contribution in [-0.4, -0.2) is 25.2 Å². The number of nitriles is 1. The maximum absolute atomic E-state index is 14.1. The van der Waals surface area contributed by atoms with Crippen molar-refractivity contribution in [3.63, 3.8) is 0 Å². The third kappa shape index (κ3) is 4.11. The summed E-state index contributed by atoms with van der Waals surface area (Å²) in [4.78, 5) is 25.1. The third-order valence-electron chi connectivity index (χ3n) is 5.97. The molecule has 3 N–H and O–H groups in total. The zero-order chi connectivity index (χ0) is 26.2. The number of halogens is 2. The van der Waals surface area contributed by atoms with Crippen LogP contribution < -0.4 is 11.3 Å². The third-order valence-corrected chi connectivity index (χ3v) is 5.97. The first-order valence-corrected chi connectivity index (χ1v) is 10.6. The molecule has 0 spiro atoms. The summed E-state index contributed by atoms with van der Waals surface area (Å²) >= 11 is 0. The zero-order valence-corrected chi connectivity index (χ0v) is 19.2. The summed E-state index contributed by atoms with van der Waals surface area (Å²) in [5.74, 6) is 2.77. The summed E-state index contributed by atoms with van der Waals surface area (Å²) in [5, 5.41) is 25.2. The first kappa shape index (κ1) is 24.3. The molecule has 4 rings (SSSR count). The van der Waals surface area contributed by atoms with Crippen LogP contribution in [0.3, 0.4) is 0 Å². The molecule has 0 aliphatic rings. The number of aryl methyl sites for hydroxylation is 1. The number of amides is 1. The number of pyridine rings is 2. The number of hydrogen-bond donors (Lipinski definition) is 2. The highest BCUT2D eigenvalue weighted by molar-refractivity contribution is 5.98. The van der Waals surface area contributed by atoms with E-state index in [4.69, 9.17) is 5.73 Å². The monoisotopic (exact) mass is 487 g/mol. The van der Waals surface area contributed by atoms with E-state index in [0.29, 0.717) is 11.8 Å². The van der Waals surface area contributed by atoms with Gasteiger partial charge in [-0.15, -0.1) is 0 Å². The molecule has 180 valence electrons. The number of nitrogens with two attached hydrogens (primary N) is 1. The Morgan fingerprint density at radius 2 is 1.92 bits per heavy atom. The Morgan fingerprint density at radius 3 is 2.56 bits per heavy atom. The highest BCUT2D eigenvalue weighted by atomic mass is 19.1. The zero-order valence-electron chi connectivity index (χ0n) is 19.2. The fraction of sp³-hybridized carbons (Fsp3) is 0.154. The standard InChI is InChI=1S/C26H19F2N5O3/c1-15-5-6-22(25(35)32(15)2)26(36,17-10-18(27)12-19(28)11-17)8-3-4-20-21(24(30)34)7-9-33-23(20)16(13-29)14-31-33/h5-7,9-12,14,36H,8H2,1-2H3,(H2,30,34). The Morgan fingerprint density at radius 1 is 1.22 bits per heavy atom. The number of aliphatic hydroxyl groups is 1. The number of carbonyl (C=O) groups excluding carboxylic acids is 1. The lowest BCUT2D eigenvalue weighted by atomic mass is 9.84. The molecule has 3 aromatic heterocycles. The van der Waals surface area contributed by atoms with Crippen LogP contribution in [-0.2, 0) is 12.6 Å². The number of hydrogen-bond acceptors (Lipinski definition) is 5. The van der Waals surface area contributed by atoms with Crippen LogP contribution in [0, 0.1) is 41.7 Å². The summed E-state index contributed by atoms with van der Waals surface area (Å²) in [5.41, 5.74) is 3.40. The van der Waals surface area contributed by atoms with Gasteiger partial charge in [-0.1, -0.05) is 11.8 Å². The van der Waals surface area contributed by atoms with Crippen LogP contribution in [0.25, 0.3) is 5.52 Å². The van der Waals surface area contributed by atoms with Gasteiger partial charge in [0.25, 0.3) is 5.56 Å². The molecule has 0 radical (unpaired) electrons. The van der Waals surface area contributed by atoms with Gasteiger partial charge >= 0.3 is 0 Å². The Kier molecular flexibility index (Phi) is 6.15. The molecule has 1 amide bonds. The summed E-state index contributed by atoms with van der Waals surface area (Å²) in [6, 6.07) is 8.80. The number of primary amides is 1. The molecule has 1 aromatic carbocycles. The molecule has 1 unspecified atom stereocenters. The Bertz CT molecular complexity index is 1680. The second kappa shape index (κ2) is 9.10. The molecule has 0 aliphatic heterocycles. The molecule has 36 heavy (non-hydrogen) atoms. The second-order valence-corrected chi connectivity index (χ2v) is 8.18. The molecule has 0 aliphatic carbocycles. The van der Waals surface area contributed by atoms with E-state index in [0.717, 1.165) is 12.1 Å². The SMILES string of the molecule is Cc1ccc(C(O)(CC#Cc2c(C(N)=O)ccn3ncc(C#N)c23)c2cc(F)cc(F)c2)c(=O)n1C. The van der Waals surface area contributed by atoms with Gasteiger partial charge in [0.1, 0.15) is 28.8 Å². The van der Waals surface area contributed by atoms with Crippen LogP contribution in [0.15, 0.2) is 53.6 Å². The minimum Gasteiger partial charge on any atom is -0.379 e. The van der Waals surface area contributed by atoms with Gasteiger partial charge in [0, 0.05) is 31.4 Å². The molecule has 0 fully saturated rings. The number of benzene rings is 1. The highest BCUT2D eigenvalue weighted by Gasteiger charge is 2.35. The van der Waals surface area contributed by atoms with Crippen molar-refractivity contribution >= 4 is 11.4 Å². The van der Waals surface area contributed by atoms with Gasteiger partial charge in [-0.25, -0.2) is 13.3 Å². The predicted molar refractivity (Wildman–Crippen MR) is 126 cm³/mol. The van der Waals surface area contributed by atoms with Crippen LogP contribution >= 0.6 is 0 Å². The van der Waals surface area contributed by atoms with E-state index in [-0.39, 0.29) is 33.3 Å². The molecule has 4 aromatic rings. The highest BCUT2D eigenvalue weighted by Crippen LogP contribution is 2.32. The predicted octanol–water partition coefficient (Wildman–Crippen LogP) is 2.27. The summed E-state index contributed by atoms with van der Waals surface area (Å²) in [6.07, 6.45) is 2.26. The quantitative estimate of drug-likeness (QED) is 0.427. The molecule has 3 heterocycles. The molecular weight excluding hydrogens is 468 g/mol. The van der Waals surface area contributed by atoms with E-state index in [1.54, 1.807) is 13.0 Å². The fourth-order valence-corrected chi connectivity index (χ4v) is 3.94. The van der Waals surface area contributed by atoms with Crippen molar-refractivity contribution in [2.45, 2.75) is 18.9 Å². The van der Waals surface area contributed by atoms with Gasteiger partial charge in [0.15, 0.2) is 0 Å². The molecule has 1 atom stereocenters. The number of rotatable bonds is 4. The lowest BCUT2D eigenvalue weighted by Crippen LogP contribution is -2.36. The van der Waals surface area contributed by atoms with Gasteiger partial charge < -0.3 is 15.4 Å². The molecule has 8 nitrogen and oxygen atoms in total. The first-order chi connectivity index (χ1) is 17.1. The summed E-state index contributed by atoms with van der Waals surface area (Å²) in [7, 11) is 1.50. The fourth-order valence-electron chi connectivity index (χ4n) is 3.94. The van der Waals surface area contributed by atoms with Crippen molar-refractivity contribution in [2.24, 2.45) is 12.8 Å². The van der Waals surface area contributed by atoms with Crippen LogP contribution in [0.4, 0.5) is 8.78 Å². The number of aromatic nitrogens is 3.